The fraction of sp³-hybridized carbons (Fsp3) is 0.273. The van der Waals surface area contributed by atoms with E-state index in [4.69, 9.17) is 29.9 Å². The van der Waals surface area contributed by atoms with Gasteiger partial charge in [-0.25, -0.2) is 9.59 Å². The summed E-state index contributed by atoms with van der Waals surface area (Å²) in [5, 5.41) is 10.8. The van der Waals surface area contributed by atoms with Gasteiger partial charge in [0.15, 0.2) is 16.7 Å². The van der Waals surface area contributed by atoms with Crippen molar-refractivity contribution in [1.29, 1.82) is 0 Å². The van der Waals surface area contributed by atoms with Crippen molar-refractivity contribution in [2.75, 3.05) is 21.3 Å². The lowest BCUT2D eigenvalue weighted by Gasteiger charge is -2.19. The minimum atomic E-state index is -0.567. The first kappa shape index (κ1) is 35.3. The molecule has 2 heterocycles. The van der Waals surface area contributed by atoms with Crippen LogP contribution in [0, 0.1) is 6.92 Å². The van der Waals surface area contributed by atoms with E-state index >= 15 is 0 Å². The summed E-state index contributed by atoms with van der Waals surface area (Å²) in [6.07, 6.45) is 0.401. The number of rotatable bonds is 6. The summed E-state index contributed by atoms with van der Waals surface area (Å²) in [6.45, 7) is 12.5. The number of carbonyl (C=O) groups is 4. The van der Waals surface area contributed by atoms with Gasteiger partial charge in [0.25, 0.3) is 11.8 Å². The van der Waals surface area contributed by atoms with E-state index in [1.54, 1.807) is 103 Å². The summed E-state index contributed by atoms with van der Waals surface area (Å²) >= 11 is 5.62. The van der Waals surface area contributed by atoms with E-state index in [1.807, 2.05) is 0 Å². The summed E-state index contributed by atoms with van der Waals surface area (Å²) < 4.78 is 20.5. The summed E-state index contributed by atoms with van der Waals surface area (Å²) in [7, 11) is 0. The highest BCUT2D eigenvalue weighted by atomic mass is 35.5. The van der Waals surface area contributed by atoms with Gasteiger partial charge >= 0.3 is 12.2 Å². The number of aryl methyl sites for hydroxylation is 1. The number of hydrogen-bond donors (Lipinski definition) is 4. The molecule has 4 amide bonds. The topological polar surface area (TPSA) is 161 Å². The third kappa shape index (κ3) is 12.0. The lowest BCUT2D eigenvalue weighted by molar-refractivity contribution is 0.0624. The van der Waals surface area contributed by atoms with E-state index in [0.29, 0.717) is 22.7 Å². The van der Waals surface area contributed by atoms with Gasteiger partial charge < -0.3 is 28.9 Å². The summed E-state index contributed by atoms with van der Waals surface area (Å²) in [5.74, 6) is -0.336. The van der Waals surface area contributed by atoms with Crippen molar-refractivity contribution < 1.29 is 37.5 Å². The number of ether oxygens (including phenoxy) is 2. The number of amides is 4. The van der Waals surface area contributed by atoms with Crippen molar-refractivity contribution >= 4 is 58.4 Å². The van der Waals surface area contributed by atoms with Crippen molar-refractivity contribution in [3.8, 4) is 0 Å². The van der Waals surface area contributed by atoms with Gasteiger partial charge in [-0.2, -0.15) is 0 Å². The lowest BCUT2D eigenvalue weighted by Crippen LogP contribution is -2.27. The van der Waals surface area contributed by atoms with Crippen LogP contribution < -0.4 is 21.3 Å². The first-order chi connectivity index (χ1) is 21.5. The summed E-state index contributed by atoms with van der Waals surface area (Å²) in [5.41, 5.74) is 1.93. The largest absolute Gasteiger partial charge is 0.459 e. The van der Waals surface area contributed by atoms with Gasteiger partial charge in [-0.05, 0) is 127 Å². The summed E-state index contributed by atoms with van der Waals surface area (Å²) in [4.78, 5) is 47.2. The Bertz CT molecular complexity index is 1650. The van der Waals surface area contributed by atoms with E-state index in [9.17, 15) is 19.2 Å². The van der Waals surface area contributed by atoms with Crippen LogP contribution >= 0.6 is 11.6 Å². The molecule has 0 aliphatic heterocycles. The number of furan rings is 2. The predicted octanol–water partition coefficient (Wildman–Crippen LogP) is 8.72. The molecule has 244 valence electrons. The Kier molecular flexibility index (Phi) is 11.6. The number of benzene rings is 2. The molecule has 4 aromatic rings. The van der Waals surface area contributed by atoms with Gasteiger partial charge in [-0.1, -0.05) is 0 Å². The van der Waals surface area contributed by atoms with Crippen molar-refractivity contribution in [3.05, 3.63) is 95.3 Å². The second-order valence-corrected chi connectivity index (χ2v) is 12.2. The number of halogens is 1. The molecular weight excluding hydrogens is 616 g/mol. The molecule has 0 bridgehead atoms. The second-order valence-electron chi connectivity index (χ2n) is 11.9. The Hall–Kier alpha value is -5.23. The Morgan fingerprint density at radius 1 is 0.609 bits per heavy atom. The zero-order valence-corrected chi connectivity index (χ0v) is 27.3. The maximum absolute atomic E-state index is 12.0. The molecule has 2 aromatic carbocycles. The molecule has 0 fully saturated rings. The van der Waals surface area contributed by atoms with Crippen molar-refractivity contribution in [2.24, 2.45) is 0 Å². The predicted molar refractivity (Wildman–Crippen MR) is 176 cm³/mol. The zero-order chi connectivity index (χ0) is 34.1. The third-order valence-electron chi connectivity index (χ3n) is 5.44. The molecule has 0 saturated carbocycles. The Morgan fingerprint density at radius 3 is 1.37 bits per heavy atom. The molecule has 2 aromatic heterocycles. The molecule has 0 aliphatic carbocycles. The molecule has 0 radical (unpaired) electrons. The van der Waals surface area contributed by atoms with Crippen LogP contribution in [0.1, 0.15) is 68.2 Å². The van der Waals surface area contributed by atoms with Crippen LogP contribution in [0.4, 0.5) is 32.3 Å². The maximum Gasteiger partial charge on any atom is 0.412 e. The van der Waals surface area contributed by atoms with Crippen LogP contribution in [-0.4, -0.2) is 35.2 Å². The average molecular weight is 653 g/mol. The number of nitrogens with one attached hydrogen (secondary N) is 4. The van der Waals surface area contributed by atoms with Crippen LogP contribution in [0.25, 0.3) is 0 Å². The Balaban J connectivity index is 0.000000250. The van der Waals surface area contributed by atoms with Crippen LogP contribution in [0.3, 0.4) is 0 Å². The van der Waals surface area contributed by atoms with Crippen LogP contribution in [0.5, 0.6) is 0 Å². The molecule has 0 atom stereocenters. The highest BCUT2D eigenvalue weighted by Gasteiger charge is 2.18. The molecule has 12 nitrogen and oxygen atoms in total. The highest BCUT2D eigenvalue weighted by Crippen LogP contribution is 2.19. The van der Waals surface area contributed by atoms with Gasteiger partial charge in [0.1, 0.15) is 11.2 Å². The average Bonchev–Trinajstić information content (AvgIpc) is 3.57. The van der Waals surface area contributed by atoms with Gasteiger partial charge in [0.05, 0.1) is 6.26 Å². The fourth-order valence-corrected chi connectivity index (χ4v) is 3.69. The van der Waals surface area contributed by atoms with E-state index in [1.165, 1.54) is 18.4 Å². The van der Waals surface area contributed by atoms with Gasteiger partial charge in [0, 0.05) is 28.3 Å². The van der Waals surface area contributed by atoms with E-state index in [0.717, 1.165) is 5.56 Å². The quantitative estimate of drug-likeness (QED) is 0.161. The number of hydrogen-bond acceptors (Lipinski definition) is 8. The third-order valence-corrected chi connectivity index (χ3v) is 5.64. The molecule has 0 spiro atoms. The minimum Gasteiger partial charge on any atom is -0.459 e. The molecule has 0 saturated heterocycles. The highest BCUT2D eigenvalue weighted by molar-refractivity contribution is 6.29. The van der Waals surface area contributed by atoms with E-state index < -0.39 is 29.3 Å². The smallest absolute Gasteiger partial charge is 0.412 e. The van der Waals surface area contributed by atoms with Gasteiger partial charge in [-0.15, -0.1) is 0 Å². The van der Waals surface area contributed by atoms with Crippen LogP contribution in [0.2, 0.25) is 5.22 Å². The molecule has 46 heavy (non-hydrogen) atoms. The SMILES string of the molecule is CC(C)(C)OC(=O)Nc1ccc(NC(=O)c2ccc(Cl)o2)cc1.Cc1ccoc1C(=O)Nc1ccc(NC(=O)OC(C)(C)C)cc1. The van der Waals surface area contributed by atoms with Crippen molar-refractivity contribution in [2.45, 2.75) is 59.7 Å². The molecule has 13 heteroatoms. The number of anilines is 4. The van der Waals surface area contributed by atoms with Crippen LogP contribution in [0.15, 0.2) is 81.8 Å². The Morgan fingerprint density at radius 2 is 1.02 bits per heavy atom. The first-order valence-electron chi connectivity index (χ1n) is 14.1. The lowest BCUT2D eigenvalue weighted by atomic mass is 10.2. The minimum absolute atomic E-state index is 0.117. The first-order valence-corrected chi connectivity index (χ1v) is 14.5. The molecule has 4 N–H and O–H groups in total. The standard InChI is InChI=1S/C17H20N2O4.C16H17ClN2O4/c1-11-9-10-22-14(11)15(20)18-12-5-7-13(8-6-12)19-16(21)23-17(2,3)4;1-16(2,3)23-15(21)19-11-6-4-10(5-7-11)18-14(20)12-8-9-13(17)22-12/h5-10H,1-4H3,(H,18,20)(H,19,21);4-9H,1-3H3,(H,18,20)(H,19,21). The van der Waals surface area contributed by atoms with Gasteiger partial charge in [-0.3, -0.25) is 20.2 Å². The van der Waals surface area contributed by atoms with Crippen molar-refractivity contribution in [3.63, 3.8) is 0 Å². The molecule has 0 aliphatic rings. The number of carbonyl (C=O) groups excluding carboxylic acids is 4. The van der Waals surface area contributed by atoms with E-state index in [2.05, 4.69) is 21.3 Å². The molecule has 4 rings (SSSR count). The maximum atomic E-state index is 12.0. The molecule has 0 unspecified atom stereocenters. The zero-order valence-electron chi connectivity index (χ0n) is 26.6. The van der Waals surface area contributed by atoms with Crippen LogP contribution in [-0.2, 0) is 9.47 Å². The fourth-order valence-electron chi connectivity index (χ4n) is 3.54. The van der Waals surface area contributed by atoms with Gasteiger partial charge in [0.2, 0.25) is 0 Å². The summed E-state index contributed by atoms with van der Waals surface area (Å²) in [6, 6.07) is 18.0. The Labute approximate surface area is 271 Å². The van der Waals surface area contributed by atoms with Crippen molar-refractivity contribution in [1.82, 2.24) is 0 Å². The van der Waals surface area contributed by atoms with E-state index in [-0.39, 0.29) is 22.6 Å². The molecular formula is C33H37ClN4O8. The monoisotopic (exact) mass is 652 g/mol. The normalized spacial score (nSPS) is 11.0. The second kappa shape index (κ2) is 15.2.